The van der Waals surface area contributed by atoms with Gasteiger partial charge in [-0.15, -0.1) is 0 Å². The second-order valence-corrected chi connectivity index (χ2v) is 6.96. The first kappa shape index (κ1) is 18.7. The van der Waals surface area contributed by atoms with E-state index in [2.05, 4.69) is 20.4 Å². The van der Waals surface area contributed by atoms with Crippen LogP contribution < -0.4 is 5.32 Å². The number of nitrogens with zero attached hydrogens (tertiary/aromatic N) is 4. The van der Waals surface area contributed by atoms with Crippen LogP contribution in [0.5, 0.6) is 0 Å². The molecule has 0 aliphatic heterocycles. The van der Waals surface area contributed by atoms with Crippen molar-refractivity contribution in [1.82, 2.24) is 19.7 Å². The summed E-state index contributed by atoms with van der Waals surface area (Å²) in [6.07, 6.45) is 4.71. The van der Waals surface area contributed by atoms with Crippen LogP contribution in [0.25, 0.3) is 28.0 Å². The van der Waals surface area contributed by atoms with Crippen LogP contribution in [-0.2, 0) is 0 Å². The third-order valence-electron chi connectivity index (χ3n) is 4.92. The summed E-state index contributed by atoms with van der Waals surface area (Å²) < 4.78 is 21.5. The predicted molar refractivity (Wildman–Crippen MR) is 113 cm³/mol. The highest BCUT2D eigenvalue weighted by Gasteiger charge is 2.20. The molecule has 3 aromatic heterocycles. The Balaban J connectivity index is 1.52. The predicted octanol–water partition coefficient (Wildman–Crippen LogP) is 4.78. The Morgan fingerprint density at radius 2 is 1.97 bits per heavy atom. The number of carbonyl (C=O) groups is 1. The Kier molecular flexibility index (Phi) is 4.51. The zero-order chi connectivity index (χ0) is 21.4. The highest BCUT2D eigenvalue weighted by molar-refractivity contribution is 6.13. The lowest BCUT2D eigenvalue weighted by Gasteiger charge is -2.10. The van der Waals surface area contributed by atoms with E-state index in [1.807, 2.05) is 30.3 Å². The second kappa shape index (κ2) is 7.49. The van der Waals surface area contributed by atoms with Gasteiger partial charge in [-0.3, -0.25) is 4.79 Å². The lowest BCUT2D eigenvalue weighted by Crippen LogP contribution is -2.13. The van der Waals surface area contributed by atoms with Crippen LogP contribution in [0.15, 0.2) is 77.8 Å². The Morgan fingerprint density at radius 3 is 2.71 bits per heavy atom. The number of anilines is 1. The van der Waals surface area contributed by atoms with Gasteiger partial charge in [0.2, 0.25) is 0 Å². The molecule has 1 N–H and O–H groups in total. The number of rotatable bonds is 4. The molecule has 3 heterocycles. The minimum absolute atomic E-state index is 0.269. The SMILES string of the molecule is Cc1noc2nc(-c3ccccc3)cc(C(=O)Nc3ccc(-n4ccnc4)c(F)c3)c12. The van der Waals surface area contributed by atoms with Crippen LogP contribution in [0.3, 0.4) is 0 Å². The summed E-state index contributed by atoms with van der Waals surface area (Å²) in [4.78, 5) is 21.6. The minimum Gasteiger partial charge on any atom is -0.335 e. The molecule has 152 valence electrons. The highest BCUT2D eigenvalue weighted by atomic mass is 19.1. The molecule has 0 atom stereocenters. The van der Waals surface area contributed by atoms with E-state index < -0.39 is 11.7 Å². The van der Waals surface area contributed by atoms with E-state index >= 15 is 0 Å². The molecule has 0 spiro atoms. The number of halogens is 1. The Hall–Kier alpha value is -4.33. The maximum atomic E-state index is 14.6. The zero-order valence-electron chi connectivity index (χ0n) is 16.4. The van der Waals surface area contributed by atoms with Gasteiger partial charge in [-0.1, -0.05) is 35.5 Å². The first-order valence-electron chi connectivity index (χ1n) is 9.52. The fourth-order valence-electron chi connectivity index (χ4n) is 3.42. The first-order valence-corrected chi connectivity index (χ1v) is 9.52. The van der Waals surface area contributed by atoms with Crippen molar-refractivity contribution in [3.05, 3.63) is 90.4 Å². The Morgan fingerprint density at radius 1 is 1.13 bits per heavy atom. The van der Waals surface area contributed by atoms with Crippen LogP contribution in [0.4, 0.5) is 10.1 Å². The number of hydrogen-bond donors (Lipinski definition) is 1. The van der Waals surface area contributed by atoms with E-state index in [4.69, 9.17) is 4.52 Å². The molecule has 0 radical (unpaired) electrons. The van der Waals surface area contributed by atoms with E-state index in [1.54, 1.807) is 42.1 Å². The standard InChI is InChI=1S/C23H16FN5O2/c1-14-21-17(12-19(27-23(21)31-28-14)15-5-3-2-4-6-15)22(30)26-16-7-8-20(18(24)11-16)29-10-9-25-13-29/h2-13H,1H3,(H,26,30). The van der Waals surface area contributed by atoms with E-state index in [9.17, 15) is 9.18 Å². The average molecular weight is 413 g/mol. The molecule has 31 heavy (non-hydrogen) atoms. The Labute approximate surface area is 176 Å². The molecule has 0 unspecified atom stereocenters. The average Bonchev–Trinajstić information content (AvgIpc) is 3.44. The van der Waals surface area contributed by atoms with Gasteiger partial charge < -0.3 is 14.4 Å². The van der Waals surface area contributed by atoms with Gasteiger partial charge in [-0.25, -0.2) is 14.4 Å². The number of amides is 1. The number of pyridine rings is 1. The van der Waals surface area contributed by atoms with E-state index in [1.165, 1.54) is 12.4 Å². The lowest BCUT2D eigenvalue weighted by molar-refractivity contribution is 0.102. The number of aryl methyl sites for hydroxylation is 1. The smallest absolute Gasteiger partial charge is 0.259 e. The van der Waals surface area contributed by atoms with Crippen molar-refractivity contribution < 1.29 is 13.7 Å². The Bertz CT molecular complexity index is 1390. The van der Waals surface area contributed by atoms with Gasteiger partial charge in [0, 0.05) is 23.6 Å². The molecule has 1 amide bonds. The molecule has 5 rings (SSSR count). The molecule has 0 saturated carbocycles. The van der Waals surface area contributed by atoms with E-state index in [-0.39, 0.29) is 5.71 Å². The van der Waals surface area contributed by atoms with Crippen LogP contribution in [0.2, 0.25) is 0 Å². The minimum atomic E-state index is -0.484. The normalized spacial score (nSPS) is 11.0. The molecular formula is C23H16FN5O2. The van der Waals surface area contributed by atoms with E-state index in [0.29, 0.717) is 33.7 Å². The number of benzene rings is 2. The van der Waals surface area contributed by atoms with Crippen molar-refractivity contribution in [3.63, 3.8) is 0 Å². The molecule has 7 nitrogen and oxygen atoms in total. The number of nitrogens with one attached hydrogen (secondary N) is 1. The van der Waals surface area contributed by atoms with Gasteiger partial charge in [0.05, 0.1) is 34.4 Å². The third kappa shape index (κ3) is 3.44. The summed E-state index contributed by atoms with van der Waals surface area (Å²) in [6.45, 7) is 1.74. The highest BCUT2D eigenvalue weighted by Crippen LogP contribution is 2.28. The fourth-order valence-corrected chi connectivity index (χ4v) is 3.42. The summed E-state index contributed by atoms with van der Waals surface area (Å²) in [5, 5.41) is 7.23. The number of imidazole rings is 1. The van der Waals surface area contributed by atoms with Crippen molar-refractivity contribution in [2.45, 2.75) is 6.92 Å². The van der Waals surface area contributed by atoms with Crippen LogP contribution in [0, 0.1) is 12.7 Å². The number of aromatic nitrogens is 4. The number of carbonyl (C=O) groups excluding carboxylic acids is 1. The van der Waals surface area contributed by atoms with Gasteiger partial charge >= 0.3 is 0 Å². The quantitative estimate of drug-likeness (QED) is 0.458. The van der Waals surface area contributed by atoms with Crippen LogP contribution in [0.1, 0.15) is 16.1 Å². The molecule has 0 fully saturated rings. The van der Waals surface area contributed by atoms with Gasteiger partial charge in [0.15, 0.2) is 0 Å². The molecule has 0 aliphatic carbocycles. The van der Waals surface area contributed by atoms with Gasteiger partial charge in [-0.2, -0.15) is 0 Å². The molecule has 0 saturated heterocycles. The largest absolute Gasteiger partial charge is 0.335 e. The first-order chi connectivity index (χ1) is 15.1. The van der Waals surface area contributed by atoms with Crippen LogP contribution in [-0.4, -0.2) is 25.6 Å². The second-order valence-electron chi connectivity index (χ2n) is 6.96. The van der Waals surface area contributed by atoms with Crippen molar-refractivity contribution in [2.75, 3.05) is 5.32 Å². The summed E-state index contributed by atoms with van der Waals surface area (Å²) in [7, 11) is 0. The monoisotopic (exact) mass is 413 g/mol. The zero-order valence-corrected chi connectivity index (χ0v) is 16.4. The molecule has 0 bridgehead atoms. The van der Waals surface area contributed by atoms with Crippen molar-refractivity contribution in [3.8, 4) is 16.9 Å². The van der Waals surface area contributed by atoms with Crippen molar-refractivity contribution in [2.24, 2.45) is 0 Å². The van der Waals surface area contributed by atoms with E-state index in [0.717, 1.165) is 5.56 Å². The molecule has 0 aliphatic rings. The lowest BCUT2D eigenvalue weighted by atomic mass is 10.0. The fraction of sp³-hybridized carbons (Fsp3) is 0.0435. The topological polar surface area (TPSA) is 85.8 Å². The maximum absolute atomic E-state index is 14.6. The third-order valence-corrected chi connectivity index (χ3v) is 4.92. The van der Waals surface area contributed by atoms with Gasteiger partial charge in [0.25, 0.3) is 11.6 Å². The molecule has 2 aromatic carbocycles. The molecule has 8 heteroatoms. The van der Waals surface area contributed by atoms with Crippen molar-refractivity contribution in [1.29, 1.82) is 0 Å². The van der Waals surface area contributed by atoms with Crippen molar-refractivity contribution >= 4 is 22.7 Å². The maximum Gasteiger partial charge on any atom is 0.259 e. The van der Waals surface area contributed by atoms with Gasteiger partial charge in [0.1, 0.15) is 5.82 Å². The van der Waals surface area contributed by atoms with Gasteiger partial charge in [-0.05, 0) is 31.2 Å². The summed E-state index contributed by atoms with van der Waals surface area (Å²) in [5.41, 5.74) is 3.25. The number of fused-ring (bicyclic) bond motifs is 1. The summed E-state index contributed by atoms with van der Waals surface area (Å²) in [6, 6.07) is 15.6. The number of hydrogen-bond acceptors (Lipinski definition) is 5. The molecule has 5 aromatic rings. The molecular weight excluding hydrogens is 397 g/mol. The van der Waals surface area contributed by atoms with Crippen LogP contribution >= 0.6 is 0 Å². The summed E-state index contributed by atoms with van der Waals surface area (Å²) in [5.74, 6) is -0.896. The summed E-state index contributed by atoms with van der Waals surface area (Å²) >= 11 is 0.